The Bertz CT molecular complexity index is 1230. The number of aromatic nitrogens is 1. The zero-order valence-electron chi connectivity index (χ0n) is 18.2. The van der Waals surface area contributed by atoms with Crippen LogP contribution in [0, 0.1) is 6.92 Å². The number of para-hydroxylation sites is 1. The Morgan fingerprint density at radius 3 is 2.53 bits per heavy atom. The lowest BCUT2D eigenvalue weighted by molar-refractivity contribution is -0.138. The predicted molar refractivity (Wildman–Crippen MR) is 124 cm³/mol. The quantitative estimate of drug-likeness (QED) is 0.456. The number of rotatable bonds is 7. The number of hydrogen-bond acceptors (Lipinski definition) is 5. The summed E-state index contributed by atoms with van der Waals surface area (Å²) in [4.78, 5) is 28.3. The van der Waals surface area contributed by atoms with Crippen LogP contribution in [0.5, 0.6) is 11.5 Å². The first-order valence-electron chi connectivity index (χ1n) is 10.0. The molecular formula is C25H24ClNO5. The first-order valence-corrected chi connectivity index (χ1v) is 10.4. The Balaban J connectivity index is 2.17. The van der Waals surface area contributed by atoms with Gasteiger partial charge in [-0.2, -0.15) is 0 Å². The molecule has 166 valence electrons. The van der Waals surface area contributed by atoms with Gasteiger partial charge in [-0.05, 0) is 64.1 Å². The summed E-state index contributed by atoms with van der Waals surface area (Å²) in [6, 6.07) is 12.1. The van der Waals surface area contributed by atoms with E-state index in [2.05, 4.69) is 4.98 Å². The highest BCUT2D eigenvalue weighted by atomic mass is 35.5. The number of carbonyl (C=O) groups is 2. The second-order valence-corrected chi connectivity index (χ2v) is 8.51. The van der Waals surface area contributed by atoms with E-state index < -0.39 is 23.3 Å². The van der Waals surface area contributed by atoms with Crippen LogP contribution in [0.25, 0.3) is 17.0 Å². The highest BCUT2D eigenvalue weighted by molar-refractivity contribution is 6.31. The number of aliphatic carboxylic acids is 1. The van der Waals surface area contributed by atoms with Gasteiger partial charge in [-0.15, -0.1) is 0 Å². The van der Waals surface area contributed by atoms with Crippen molar-refractivity contribution in [2.75, 3.05) is 0 Å². The molecule has 7 heteroatoms. The maximum absolute atomic E-state index is 12.1. The molecule has 32 heavy (non-hydrogen) atoms. The van der Waals surface area contributed by atoms with E-state index in [1.807, 2.05) is 0 Å². The van der Waals surface area contributed by atoms with Crippen molar-refractivity contribution in [3.8, 4) is 11.5 Å². The van der Waals surface area contributed by atoms with E-state index in [0.29, 0.717) is 44.2 Å². The van der Waals surface area contributed by atoms with E-state index in [-0.39, 0.29) is 0 Å². The second kappa shape index (κ2) is 9.10. The number of hydrogen-bond donors (Lipinski definition) is 2. The van der Waals surface area contributed by atoms with E-state index in [4.69, 9.17) is 16.3 Å². The molecule has 0 fully saturated rings. The topological polar surface area (TPSA) is 96.7 Å². The van der Waals surface area contributed by atoms with Crippen LogP contribution < -0.4 is 4.74 Å². The van der Waals surface area contributed by atoms with Gasteiger partial charge < -0.3 is 14.9 Å². The van der Waals surface area contributed by atoms with Crippen LogP contribution in [0.1, 0.15) is 43.5 Å². The number of pyridine rings is 1. The molecule has 0 saturated carbocycles. The standard InChI is InChI=1S/C25H24ClNO5/c1-14(24(29)30)17-7-5-6-8-21(17)32-23-15(2)19(11-12-22(28)25(3,4)31)27-20-10-9-16(26)13-18(20)23/h5-14,31H,1-4H3,(H,29,30). The average molecular weight is 454 g/mol. The Kier molecular flexibility index (Phi) is 6.67. The number of ether oxygens (including phenoxy) is 1. The molecule has 2 N–H and O–H groups in total. The molecule has 1 heterocycles. The number of benzene rings is 2. The normalized spacial score (nSPS) is 12.8. The minimum Gasteiger partial charge on any atom is -0.481 e. The number of carboxylic acid groups (broad SMARTS) is 1. The van der Waals surface area contributed by atoms with Gasteiger partial charge in [0.2, 0.25) is 0 Å². The van der Waals surface area contributed by atoms with E-state index in [0.717, 1.165) is 0 Å². The lowest BCUT2D eigenvalue weighted by atomic mass is 10.00. The first kappa shape index (κ1) is 23.4. The fourth-order valence-electron chi connectivity index (χ4n) is 3.15. The summed E-state index contributed by atoms with van der Waals surface area (Å²) in [7, 11) is 0. The largest absolute Gasteiger partial charge is 0.481 e. The summed E-state index contributed by atoms with van der Waals surface area (Å²) in [6.45, 7) is 6.21. The van der Waals surface area contributed by atoms with E-state index in [9.17, 15) is 19.8 Å². The van der Waals surface area contributed by atoms with E-state index >= 15 is 0 Å². The van der Waals surface area contributed by atoms with Crippen LogP contribution in [0.2, 0.25) is 5.02 Å². The SMILES string of the molecule is Cc1c(C=CC(=O)C(C)(C)O)nc2ccc(Cl)cc2c1Oc1ccccc1C(C)C(=O)O. The molecule has 3 aromatic rings. The van der Waals surface area contributed by atoms with Gasteiger partial charge in [0.15, 0.2) is 5.78 Å². The van der Waals surface area contributed by atoms with Gasteiger partial charge in [0, 0.05) is 21.5 Å². The molecule has 0 aliphatic carbocycles. The first-order chi connectivity index (χ1) is 15.0. The third-order valence-electron chi connectivity index (χ3n) is 5.13. The smallest absolute Gasteiger partial charge is 0.310 e. The van der Waals surface area contributed by atoms with E-state index in [1.54, 1.807) is 56.3 Å². The van der Waals surface area contributed by atoms with Crippen LogP contribution in [-0.4, -0.2) is 32.6 Å². The number of carboxylic acids is 1. The highest BCUT2D eigenvalue weighted by Crippen LogP contribution is 2.38. The molecule has 3 rings (SSSR count). The van der Waals surface area contributed by atoms with Crippen molar-refractivity contribution in [1.29, 1.82) is 0 Å². The minimum absolute atomic E-state index is 0.403. The van der Waals surface area contributed by atoms with Crippen LogP contribution in [-0.2, 0) is 9.59 Å². The molecule has 0 spiro atoms. The summed E-state index contributed by atoms with van der Waals surface area (Å²) in [5, 5.41) is 20.5. The Hall–Kier alpha value is -3.22. The van der Waals surface area contributed by atoms with Crippen molar-refractivity contribution >= 4 is 40.3 Å². The monoisotopic (exact) mass is 453 g/mol. The molecule has 6 nitrogen and oxygen atoms in total. The van der Waals surface area contributed by atoms with Gasteiger partial charge in [-0.1, -0.05) is 29.8 Å². The van der Waals surface area contributed by atoms with Crippen LogP contribution in [0.3, 0.4) is 0 Å². The lowest BCUT2D eigenvalue weighted by Gasteiger charge is -2.18. The summed E-state index contributed by atoms with van der Waals surface area (Å²) in [5.41, 5.74) is 0.739. The highest BCUT2D eigenvalue weighted by Gasteiger charge is 2.22. The molecule has 1 aromatic heterocycles. The number of nitrogens with zero attached hydrogens (tertiary/aromatic N) is 1. The van der Waals surface area contributed by atoms with Crippen molar-refractivity contribution in [1.82, 2.24) is 4.98 Å². The Morgan fingerprint density at radius 1 is 1.19 bits per heavy atom. The fraction of sp³-hybridized carbons (Fsp3) is 0.240. The molecule has 0 aliphatic rings. The number of halogens is 1. The summed E-state index contributed by atoms with van der Waals surface area (Å²) >= 11 is 6.21. The predicted octanol–water partition coefficient (Wildman–Crippen LogP) is 5.53. The van der Waals surface area contributed by atoms with Crippen molar-refractivity contribution in [3.63, 3.8) is 0 Å². The van der Waals surface area contributed by atoms with Crippen LogP contribution >= 0.6 is 11.6 Å². The molecule has 0 amide bonds. The van der Waals surface area contributed by atoms with E-state index in [1.165, 1.54) is 26.0 Å². The number of ketones is 1. The molecule has 0 bridgehead atoms. The second-order valence-electron chi connectivity index (χ2n) is 8.07. The Morgan fingerprint density at radius 2 is 1.88 bits per heavy atom. The molecule has 1 atom stereocenters. The number of aliphatic hydroxyl groups is 1. The maximum atomic E-state index is 12.1. The zero-order valence-corrected chi connectivity index (χ0v) is 19.0. The van der Waals surface area contributed by atoms with Crippen molar-refractivity contribution < 1.29 is 24.5 Å². The van der Waals surface area contributed by atoms with Crippen LogP contribution in [0.4, 0.5) is 0 Å². The van der Waals surface area contributed by atoms with Crippen molar-refractivity contribution in [2.24, 2.45) is 0 Å². The number of fused-ring (bicyclic) bond motifs is 1. The molecule has 2 aromatic carbocycles. The maximum Gasteiger partial charge on any atom is 0.310 e. The molecule has 0 radical (unpaired) electrons. The van der Waals surface area contributed by atoms with Crippen LogP contribution in [0.15, 0.2) is 48.5 Å². The molecular weight excluding hydrogens is 430 g/mol. The van der Waals surface area contributed by atoms with Gasteiger partial charge >= 0.3 is 5.97 Å². The van der Waals surface area contributed by atoms with Gasteiger partial charge in [-0.25, -0.2) is 4.98 Å². The summed E-state index contributed by atoms with van der Waals surface area (Å²) in [5.74, 6) is -1.34. The van der Waals surface area contributed by atoms with Crippen molar-refractivity contribution in [3.05, 3.63) is 70.4 Å². The lowest BCUT2D eigenvalue weighted by Crippen LogP contribution is -2.29. The van der Waals surface area contributed by atoms with Gasteiger partial charge in [0.1, 0.15) is 17.1 Å². The molecule has 0 saturated heterocycles. The number of carbonyl (C=O) groups excluding carboxylic acids is 1. The van der Waals surface area contributed by atoms with Gasteiger partial charge in [-0.3, -0.25) is 9.59 Å². The minimum atomic E-state index is -1.50. The molecule has 0 aliphatic heterocycles. The zero-order chi connectivity index (χ0) is 23.6. The average Bonchev–Trinajstić information content (AvgIpc) is 2.73. The third kappa shape index (κ3) is 4.98. The molecule has 1 unspecified atom stereocenters. The summed E-state index contributed by atoms with van der Waals surface area (Å²) < 4.78 is 6.26. The third-order valence-corrected chi connectivity index (χ3v) is 5.37. The van der Waals surface area contributed by atoms with Gasteiger partial charge in [0.05, 0.1) is 17.1 Å². The van der Waals surface area contributed by atoms with Crippen molar-refractivity contribution in [2.45, 2.75) is 39.2 Å². The Labute approximate surface area is 191 Å². The van der Waals surface area contributed by atoms with Gasteiger partial charge in [0.25, 0.3) is 0 Å². The summed E-state index contributed by atoms with van der Waals surface area (Å²) in [6.07, 6.45) is 2.81. The fourth-order valence-corrected chi connectivity index (χ4v) is 3.32.